The van der Waals surface area contributed by atoms with E-state index in [0.717, 1.165) is 52.2 Å². The van der Waals surface area contributed by atoms with Gasteiger partial charge in [-0.05, 0) is 55.8 Å². The number of para-hydroxylation sites is 1. The third-order valence-corrected chi connectivity index (χ3v) is 6.82. The first-order valence-corrected chi connectivity index (χ1v) is 12.2. The lowest BCUT2D eigenvalue weighted by Crippen LogP contribution is -2.28. The predicted molar refractivity (Wildman–Crippen MR) is 136 cm³/mol. The van der Waals surface area contributed by atoms with Crippen LogP contribution in [0.1, 0.15) is 27.9 Å². The summed E-state index contributed by atoms with van der Waals surface area (Å²) < 4.78 is 5.63. The molecule has 1 aliphatic rings. The number of hydrogen-bond acceptors (Lipinski definition) is 6. The molecule has 34 heavy (non-hydrogen) atoms. The molecule has 0 aliphatic carbocycles. The van der Waals surface area contributed by atoms with Crippen LogP contribution >= 0.6 is 11.8 Å². The number of rotatable bonds is 6. The number of nitrogens with zero attached hydrogens (tertiary/aromatic N) is 3. The monoisotopic (exact) mass is 472 g/mol. The average molecular weight is 473 g/mol. The Balaban J connectivity index is 1.69. The quantitative estimate of drug-likeness (QED) is 0.511. The number of pyridine rings is 1. The molecule has 174 valence electrons. The van der Waals surface area contributed by atoms with E-state index in [2.05, 4.69) is 29.4 Å². The number of aromatic nitrogens is 1. The zero-order valence-corrected chi connectivity index (χ0v) is 20.8. The summed E-state index contributed by atoms with van der Waals surface area (Å²) >= 11 is 1.30. The zero-order valence-electron chi connectivity index (χ0n) is 19.9. The molecule has 0 unspecified atom stereocenters. The van der Waals surface area contributed by atoms with Crippen molar-refractivity contribution in [1.82, 2.24) is 9.88 Å². The first-order valence-electron chi connectivity index (χ1n) is 11.2. The Bertz CT molecular complexity index is 1260. The maximum Gasteiger partial charge on any atom is 0.234 e. The SMILES string of the molecule is COc1ccccc1-c1c(C#N)c(SCC(=O)Nc2cc(C)cc(C)c2)nc2c1CN(C)CC2. The van der Waals surface area contributed by atoms with E-state index >= 15 is 0 Å². The molecule has 4 rings (SSSR count). The van der Waals surface area contributed by atoms with Gasteiger partial charge in [-0.2, -0.15) is 5.26 Å². The molecule has 0 radical (unpaired) electrons. The van der Waals surface area contributed by atoms with Crippen LogP contribution in [0.5, 0.6) is 5.75 Å². The highest BCUT2D eigenvalue weighted by atomic mass is 32.2. The van der Waals surface area contributed by atoms with Gasteiger partial charge >= 0.3 is 0 Å². The molecule has 1 aliphatic heterocycles. The van der Waals surface area contributed by atoms with Crippen molar-refractivity contribution in [2.75, 3.05) is 31.8 Å². The lowest BCUT2D eigenvalue weighted by molar-refractivity contribution is -0.113. The summed E-state index contributed by atoms with van der Waals surface area (Å²) in [4.78, 5) is 19.8. The van der Waals surface area contributed by atoms with Gasteiger partial charge in [-0.15, -0.1) is 0 Å². The fourth-order valence-corrected chi connectivity index (χ4v) is 5.21. The smallest absolute Gasteiger partial charge is 0.234 e. The van der Waals surface area contributed by atoms with Gasteiger partial charge in [-0.25, -0.2) is 4.98 Å². The average Bonchev–Trinajstić information content (AvgIpc) is 2.81. The maximum absolute atomic E-state index is 12.7. The Morgan fingerprint density at radius 2 is 1.97 bits per heavy atom. The van der Waals surface area contributed by atoms with E-state index < -0.39 is 0 Å². The van der Waals surface area contributed by atoms with Crippen molar-refractivity contribution in [3.8, 4) is 22.9 Å². The number of nitrogens with one attached hydrogen (secondary N) is 1. The number of benzene rings is 2. The summed E-state index contributed by atoms with van der Waals surface area (Å²) in [6.45, 7) is 5.62. The number of aryl methyl sites for hydroxylation is 2. The van der Waals surface area contributed by atoms with Crippen LogP contribution in [0.15, 0.2) is 47.5 Å². The molecule has 2 aromatic carbocycles. The number of carbonyl (C=O) groups excluding carboxylic acids is 1. The van der Waals surface area contributed by atoms with E-state index in [0.29, 0.717) is 22.9 Å². The van der Waals surface area contributed by atoms with E-state index in [1.807, 2.05) is 50.2 Å². The van der Waals surface area contributed by atoms with Crippen LogP contribution in [-0.2, 0) is 17.8 Å². The second-order valence-electron chi connectivity index (χ2n) is 8.61. The summed E-state index contributed by atoms with van der Waals surface area (Å²) in [6.07, 6.45) is 0.794. The van der Waals surface area contributed by atoms with Crippen molar-refractivity contribution >= 4 is 23.4 Å². The summed E-state index contributed by atoms with van der Waals surface area (Å²) in [7, 11) is 3.71. The van der Waals surface area contributed by atoms with Gasteiger partial charge in [0, 0.05) is 42.0 Å². The molecule has 1 aromatic heterocycles. The first kappa shape index (κ1) is 23.8. The fraction of sp³-hybridized carbons (Fsp3) is 0.296. The first-order chi connectivity index (χ1) is 16.4. The summed E-state index contributed by atoms with van der Waals surface area (Å²) in [5, 5.41) is 13.7. The number of methoxy groups -OCH3 is 1. The van der Waals surface area contributed by atoms with Gasteiger partial charge in [0.25, 0.3) is 0 Å². The molecule has 1 amide bonds. The predicted octanol–water partition coefficient (Wildman–Crippen LogP) is 4.96. The molecular weight excluding hydrogens is 444 g/mol. The van der Waals surface area contributed by atoms with Crippen LogP contribution in [-0.4, -0.2) is 42.2 Å². The Labute approximate surface area is 205 Å². The largest absolute Gasteiger partial charge is 0.496 e. The standard InChI is InChI=1S/C27H28N4O2S/c1-17-11-18(2)13-19(12-17)29-25(32)16-34-27-21(14-28)26(20-7-5-6-8-24(20)33-4)22-15-31(3)10-9-23(22)30-27/h5-8,11-13H,9-10,15-16H2,1-4H3,(H,29,32). The van der Waals surface area contributed by atoms with E-state index in [1.54, 1.807) is 7.11 Å². The molecule has 3 aromatic rings. The van der Waals surface area contributed by atoms with Gasteiger partial charge in [-0.3, -0.25) is 4.79 Å². The molecular formula is C27H28N4O2S. The number of fused-ring (bicyclic) bond motifs is 1. The normalized spacial score (nSPS) is 13.1. The highest BCUT2D eigenvalue weighted by Gasteiger charge is 2.26. The van der Waals surface area contributed by atoms with Gasteiger partial charge in [0.2, 0.25) is 5.91 Å². The summed E-state index contributed by atoms with van der Waals surface area (Å²) in [5.41, 5.74) is 7.22. The molecule has 1 N–H and O–H groups in total. The topological polar surface area (TPSA) is 78.2 Å². The Kier molecular flexibility index (Phi) is 7.20. The van der Waals surface area contributed by atoms with Crippen LogP contribution in [0, 0.1) is 25.2 Å². The second-order valence-corrected chi connectivity index (χ2v) is 9.57. The van der Waals surface area contributed by atoms with Crippen molar-refractivity contribution in [3.05, 3.63) is 70.4 Å². The number of anilines is 1. The van der Waals surface area contributed by atoms with E-state index in [9.17, 15) is 10.1 Å². The third kappa shape index (κ3) is 5.09. The number of likely N-dealkylation sites (N-methyl/N-ethyl adjacent to an activating group) is 1. The molecule has 0 bridgehead atoms. The van der Waals surface area contributed by atoms with Crippen molar-refractivity contribution in [2.45, 2.75) is 31.8 Å². The molecule has 0 spiro atoms. The van der Waals surface area contributed by atoms with Gasteiger partial charge in [0.1, 0.15) is 16.8 Å². The van der Waals surface area contributed by atoms with Crippen molar-refractivity contribution in [1.29, 1.82) is 5.26 Å². The molecule has 0 saturated heterocycles. The van der Waals surface area contributed by atoms with E-state index in [4.69, 9.17) is 9.72 Å². The molecule has 7 heteroatoms. The van der Waals surface area contributed by atoms with Crippen LogP contribution < -0.4 is 10.1 Å². The fourth-order valence-electron chi connectivity index (χ4n) is 4.41. The van der Waals surface area contributed by atoms with E-state index in [1.165, 1.54) is 11.8 Å². The number of amides is 1. The zero-order chi connectivity index (χ0) is 24.2. The lowest BCUT2D eigenvalue weighted by atomic mass is 9.91. The number of ether oxygens (including phenoxy) is 1. The maximum atomic E-state index is 12.7. The Morgan fingerprint density at radius 1 is 1.24 bits per heavy atom. The molecule has 0 fully saturated rings. The number of nitriles is 1. The van der Waals surface area contributed by atoms with Crippen LogP contribution in [0.25, 0.3) is 11.1 Å². The van der Waals surface area contributed by atoms with Crippen molar-refractivity contribution < 1.29 is 9.53 Å². The van der Waals surface area contributed by atoms with Crippen molar-refractivity contribution in [3.63, 3.8) is 0 Å². The summed E-state index contributed by atoms with van der Waals surface area (Å²) in [6, 6.07) is 16.1. The minimum atomic E-state index is -0.128. The second kappa shape index (κ2) is 10.3. The number of carbonyl (C=O) groups is 1. The number of thioether (sulfide) groups is 1. The third-order valence-electron chi connectivity index (χ3n) is 5.84. The molecule has 0 saturated carbocycles. The molecule has 2 heterocycles. The van der Waals surface area contributed by atoms with Gasteiger partial charge in [0.05, 0.1) is 18.4 Å². The number of hydrogen-bond donors (Lipinski definition) is 1. The minimum absolute atomic E-state index is 0.128. The molecule has 6 nitrogen and oxygen atoms in total. The highest BCUT2D eigenvalue weighted by Crippen LogP contribution is 2.40. The van der Waals surface area contributed by atoms with Gasteiger partial charge in [0.15, 0.2) is 0 Å². The Morgan fingerprint density at radius 3 is 2.68 bits per heavy atom. The lowest BCUT2D eigenvalue weighted by Gasteiger charge is -2.28. The van der Waals surface area contributed by atoms with E-state index in [-0.39, 0.29) is 11.7 Å². The van der Waals surface area contributed by atoms with Gasteiger partial charge < -0.3 is 15.0 Å². The van der Waals surface area contributed by atoms with Crippen LogP contribution in [0.4, 0.5) is 5.69 Å². The molecule has 0 atom stereocenters. The van der Waals surface area contributed by atoms with Crippen molar-refractivity contribution in [2.24, 2.45) is 0 Å². The highest BCUT2D eigenvalue weighted by molar-refractivity contribution is 8.00. The van der Waals surface area contributed by atoms with Crippen LogP contribution in [0.2, 0.25) is 0 Å². The minimum Gasteiger partial charge on any atom is -0.496 e. The Hall–Kier alpha value is -3.34. The summed E-state index contributed by atoms with van der Waals surface area (Å²) in [5.74, 6) is 0.750. The van der Waals surface area contributed by atoms with Gasteiger partial charge in [-0.1, -0.05) is 36.0 Å². The van der Waals surface area contributed by atoms with Crippen LogP contribution in [0.3, 0.4) is 0 Å².